The summed E-state index contributed by atoms with van der Waals surface area (Å²) in [4.78, 5) is 14.3. The summed E-state index contributed by atoms with van der Waals surface area (Å²) in [6.45, 7) is 4.60. The van der Waals surface area contributed by atoms with Gasteiger partial charge in [-0.15, -0.1) is 0 Å². The Balaban J connectivity index is 1.95. The van der Waals surface area contributed by atoms with Gasteiger partial charge in [0.25, 0.3) is 0 Å². The van der Waals surface area contributed by atoms with Crippen molar-refractivity contribution < 1.29 is 14.3 Å². The summed E-state index contributed by atoms with van der Waals surface area (Å²) in [5, 5.41) is 3.32. The van der Waals surface area contributed by atoms with Gasteiger partial charge in [0.05, 0.1) is 26.2 Å². The average molecular weight is 292 g/mol. The predicted molar refractivity (Wildman–Crippen MR) is 81.2 cm³/mol. The van der Waals surface area contributed by atoms with Crippen LogP contribution in [0.1, 0.15) is 12.5 Å². The molecular weight excluding hydrogens is 268 g/mol. The normalized spacial score (nSPS) is 21.3. The molecule has 0 aromatic heterocycles. The molecule has 1 aromatic rings. The molecule has 116 valence electrons. The van der Waals surface area contributed by atoms with E-state index in [4.69, 9.17) is 9.47 Å². The molecule has 0 bridgehead atoms. The molecule has 21 heavy (non-hydrogen) atoms. The number of hydrogen-bond donors (Lipinski definition) is 1. The Kier molecular flexibility index (Phi) is 5.59. The van der Waals surface area contributed by atoms with E-state index >= 15 is 0 Å². The molecule has 1 saturated heterocycles. The standard InChI is InChI=1S/C16H24N2O3/c1-4-17-15-11-21-10-14(15)16(19)18(2)9-12-5-7-13(20-3)8-6-12/h5-8,14-15,17H,4,9-11H2,1-3H3. The molecule has 1 aromatic carbocycles. The number of likely N-dealkylation sites (N-methyl/N-ethyl adjacent to an activating group) is 1. The number of hydrogen-bond acceptors (Lipinski definition) is 4. The van der Waals surface area contributed by atoms with Crippen LogP contribution in [-0.2, 0) is 16.1 Å². The molecule has 2 atom stereocenters. The molecule has 0 radical (unpaired) electrons. The summed E-state index contributed by atoms with van der Waals surface area (Å²) in [5.74, 6) is 0.867. The third kappa shape index (κ3) is 3.95. The Bertz CT molecular complexity index is 461. The van der Waals surface area contributed by atoms with Crippen molar-refractivity contribution in [3.8, 4) is 5.75 Å². The maximum atomic E-state index is 12.5. The fourth-order valence-corrected chi connectivity index (χ4v) is 2.63. The molecule has 1 amide bonds. The molecule has 1 aliphatic rings. The van der Waals surface area contributed by atoms with Gasteiger partial charge in [0.15, 0.2) is 0 Å². The monoisotopic (exact) mass is 292 g/mol. The van der Waals surface area contributed by atoms with Crippen LogP contribution < -0.4 is 10.1 Å². The van der Waals surface area contributed by atoms with Gasteiger partial charge in [-0.05, 0) is 24.2 Å². The minimum absolute atomic E-state index is 0.0896. The quantitative estimate of drug-likeness (QED) is 0.858. The SMILES string of the molecule is CCNC1COCC1C(=O)N(C)Cc1ccc(OC)cc1. The predicted octanol–water partition coefficient (Wildman–Crippen LogP) is 1.28. The molecule has 0 aliphatic carbocycles. The van der Waals surface area contributed by atoms with Gasteiger partial charge in [0, 0.05) is 19.6 Å². The fourth-order valence-electron chi connectivity index (χ4n) is 2.63. The summed E-state index contributed by atoms with van der Waals surface area (Å²) in [6, 6.07) is 7.91. The van der Waals surface area contributed by atoms with Crippen molar-refractivity contribution in [3.63, 3.8) is 0 Å². The topological polar surface area (TPSA) is 50.8 Å². The second kappa shape index (κ2) is 7.43. The first kappa shape index (κ1) is 15.8. The first-order chi connectivity index (χ1) is 10.2. The van der Waals surface area contributed by atoms with Crippen molar-refractivity contribution in [2.24, 2.45) is 5.92 Å². The van der Waals surface area contributed by atoms with Crippen LogP contribution in [0.3, 0.4) is 0 Å². The Hall–Kier alpha value is -1.59. The highest BCUT2D eigenvalue weighted by molar-refractivity contribution is 5.79. The third-order valence-electron chi connectivity index (χ3n) is 3.82. The van der Waals surface area contributed by atoms with Crippen LogP contribution in [0.15, 0.2) is 24.3 Å². The molecule has 5 nitrogen and oxygen atoms in total. The molecule has 0 saturated carbocycles. The van der Waals surface area contributed by atoms with Gasteiger partial charge in [-0.25, -0.2) is 0 Å². The highest BCUT2D eigenvalue weighted by Gasteiger charge is 2.35. The van der Waals surface area contributed by atoms with Crippen LogP contribution in [0.2, 0.25) is 0 Å². The summed E-state index contributed by atoms with van der Waals surface area (Å²) in [6.07, 6.45) is 0. The summed E-state index contributed by atoms with van der Waals surface area (Å²) < 4.78 is 10.6. The molecular formula is C16H24N2O3. The summed E-state index contributed by atoms with van der Waals surface area (Å²) in [7, 11) is 3.49. The smallest absolute Gasteiger partial charge is 0.229 e. The van der Waals surface area contributed by atoms with E-state index in [0.717, 1.165) is 17.9 Å². The molecule has 0 spiro atoms. The lowest BCUT2D eigenvalue weighted by molar-refractivity contribution is -0.135. The Labute approximate surface area is 126 Å². The van der Waals surface area contributed by atoms with Gasteiger partial charge in [0.2, 0.25) is 5.91 Å². The Morgan fingerprint density at radius 3 is 2.71 bits per heavy atom. The van der Waals surface area contributed by atoms with Crippen molar-refractivity contribution in [1.82, 2.24) is 10.2 Å². The van der Waals surface area contributed by atoms with E-state index in [1.807, 2.05) is 38.2 Å². The lowest BCUT2D eigenvalue weighted by Crippen LogP contribution is -2.44. The number of nitrogens with one attached hydrogen (secondary N) is 1. The average Bonchev–Trinajstić information content (AvgIpc) is 2.96. The first-order valence-electron chi connectivity index (χ1n) is 7.34. The van der Waals surface area contributed by atoms with Gasteiger partial charge >= 0.3 is 0 Å². The third-order valence-corrected chi connectivity index (χ3v) is 3.82. The number of carbonyl (C=O) groups is 1. The molecule has 2 unspecified atom stereocenters. The van der Waals surface area contributed by atoms with Gasteiger partial charge in [0.1, 0.15) is 5.75 Å². The number of ether oxygens (including phenoxy) is 2. The van der Waals surface area contributed by atoms with Crippen LogP contribution >= 0.6 is 0 Å². The van der Waals surface area contributed by atoms with Gasteiger partial charge in [-0.3, -0.25) is 4.79 Å². The zero-order valence-electron chi connectivity index (χ0n) is 13.0. The van der Waals surface area contributed by atoms with E-state index in [-0.39, 0.29) is 17.9 Å². The van der Waals surface area contributed by atoms with Gasteiger partial charge in [-0.1, -0.05) is 19.1 Å². The van der Waals surface area contributed by atoms with E-state index < -0.39 is 0 Å². The van der Waals surface area contributed by atoms with Crippen molar-refractivity contribution in [3.05, 3.63) is 29.8 Å². The lowest BCUT2D eigenvalue weighted by atomic mass is 10.0. The van der Waals surface area contributed by atoms with E-state index in [1.54, 1.807) is 12.0 Å². The maximum Gasteiger partial charge on any atom is 0.229 e. The number of methoxy groups -OCH3 is 1. The van der Waals surface area contributed by atoms with Crippen LogP contribution in [0, 0.1) is 5.92 Å². The van der Waals surface area contributed by atoms with Crippen LogP contribution in [0.4, 0.5) is 0 Å². The number of rotatable bonds is 6. The molecule has 1 N–H and O–H groups in total. The first-order valence-corrected chi connectivity index (χ1v) is 7.34. The minimum Gasteiger partial charge on any atom is -0.497 e. The zero-order valence-corrected chi connectivity index (χ0v) is 13.0. The number of benzene rings is 1. The molecule has 1 aliphatic heterocycles. The Morgan fingerprint density at radius 1 is 1.38 bits per heavy atom. The largest absolute Gasteiger partial charge is 0.497 e. The zero-order chi connectivity index (χ0) is 15.2. The minimum atomic E-state index is -0.0896. The maximum absolute atomic E-state index is 12.5. The van der Waals surface area contributed by atoms with E-state index in [0.29, 0.717) is 19.8 Å². The van der Waals surface area contributed by atoms with E-state index in [9.17, 15) is 4.79 Å². The highest BCUT2D eigenvalue weighted by Crippen LogP contribution is 2.18. The molecule has 2 rings (SSSR count). The van der Waals surface area contributed by atoms with Crippen LogP contribution in [-0.4, -0.2) is 50.8 Å². The van der Waals surface area contributed by atoms with Crippen molar-refractivity contribution in [1.29, 1.82) is 0 Å². The van der Waals surface area contributed by atoms with Crippen molar-refractivity contribution >= 4 is 5.91 Å². The summed E-state index contributed by atoms with van der Waals surface area (Å²) >= 11 is 0. The molecule has 1 fully saturated rings. The van der Waals surface area contributed by atoms with Crippen LogP contribution in [0.25, 0.3) is 0 Å². The number of amides is 1. The van der Waals surface area contributed by atoms with Crippen molar-refractivity contribution in [2.45, 2.75) is 19.5 Å². The second-order valence-corrected chi connectivity index (χ2v) is 5.35. The number of carbonyl (C=O) groups excluding carboxylic acids is 1. The second-order valence-electron chi connectivity index (χ2n) is 5.35. The highest BCUT2D eigenvalue weighted by atomic mass is 16.5. The fraction of sp³-hybridized carbons (Fsp3) is 0.562. The molecule has 1 heterocycles. The van der Waals surface area contributed by atoms with Crippen LogP contribution in [0.5, 0.6) is 5.75 Å². The van der Waals surface area contributed by atoms with Crippen molar-refractivity contribution in [2.75, 3.05) is 33.9 Å². The van der Waals surface area contributed by atoms with Gasteiger partial charge in [-0.2, -0.15) is 0 Å². The summed E-state index contributed by atoms with van der Waals surface area (Å²) in [5.41, 5.74) is 1.09. The molecule has 5 heteroatoms. The van der Waals surface area contributed by atoms with Gasteiger partial charge < -0.3 is 19.7 Å². The van der Waals surface area contributed by atoms with E-state index in [2.05, 4.69) is 5.32 Å². The number of nitrogens with zero attached hydrogens (tertiary/aromatic N) is 1. The van der Waals surface area contributed by atoms with E-state index in [1.165, 1.54) is 0 Å². The Morgan fingerprint density at radius 2 is 2.10 bits per heavy atom. The lowest BCUT2D eigenvalue weighted by Gasteiger charge is -2.24.